The van der Waals surface area contributed by atoms with Crippen LogP contribution < -0.4 is 5.32 Å². The average Bonchev–Trinajstić information content (AvgIpc) is 1.99. The molecule has 2 N–H and O–H groups in total. The van der Waals surface area contributed by atoms with E-state index in [4.69, 9.17) is 4.74 Å². The second kappa shape index (κ2) is 4.66. The van der Waals surface area contributed by atoms with Crippen molar-refractivity contribution in [3.8, 4) is 0 Å². The minimum Gasteiger partial charge on any atom is -0.503 e. The van der Waals surface area contributed by atoms with Gasteiger partial charge in [-0.2, -0.15) is 0 Å². The zero-order valence-electron chi connectivity index (χ0n) is 8.59. The van der Waals surface area contributed by atoms with Gasteiger partial charge in [0.05, 0.1) is 12.3 Å². The van der Waals surface area contributed by atoms with Crippen LogP contribution >= 0.6 is 12.4 Å². The maximum absolute atomic E-state index is 11.3. The van der Waals surface area contributed by atoms with E-state index in [-0.39, 0.29) is 36.1 Å². The normalized spacial score (nSPS) is 20.1. The summed E-state index contributed by atoms with van der Waals surface area (Å²) in [5.41, 5.74) is 0.181. The Hall–Kier alpha value is -0.740. The van der Waals surface area contributed by atoms with Gasteiger partial charge in [-0.05, 0) is 13.8 Å². The van der Waals surface area contributed by atoms with Crippen molar-refractivity contribution in [1.29, 1.82) is 0 Å². The molecule has 0 aliphatic carbocycles. The van der Waals surface area contributed by atoms with Crippen LogP contribution in [0.15, 0.2) is 11.5 Å². The van der Waals surface area contributed by atoms with Crippen LogP contribution in [0.5, 0.6) is 0 Å². The molecule has 14 heavy (non-hydrogen) atoms. The molecule has 1 aliphatic heterocycles. The van der Waals surface area contributed by atoms with Crippen molar-refractivity contribution < 1.29 is 14.6 Å². The van der Waals surface area contributed by atoms with E-state index in [1.54, 1.807) is 0 Å². The summed E-state index contributed by atoms with van der Waals surface area (Å²) in [6.07, 6.45) is 0.312. The van der Waals surface area contributed by atoms with Crippen LogP contribution in [-0.2, 0) is 9.53 Å². The molecule has 4 nitrogen and oxygen atoms in total. The van der Waals surface area contributed by atoms with Gasteiger partial charge in [0.15, 0.2) is 5.76 Å². The third-order valence-corrected chi connectivity index (χ3v) is 1.93. The van der Waals surface area contributed by atoms with Crippen LogP contribution in [0.4, 0.5) is 0 Å². The van der Waals surface area contributed by atoms with Gasteiger partial charge in [-0.3, -0.25) is 4.79 Å². The van der Waals surface area contributed by atoms with E-state index < -0.39 is 0 Å². The molecule has 0 radical (unpaired) electrons. The van der Waals surface area contributed by atoms with Crippen LogP contribution in [0.2, 0.25) is 0 Å². The van der Waals surface area contributed by atoms with Crippen LogP contribution in [-0.4, -0.2) is 30.1 Å². The number of nitrogens with one attached hydrogen (secondary N) is 1. The Balaban J connectivity index is 0.00000169. The maximum atomic E-state index is 11.3. The summed E-state index contributed by atoms with van der Waals surface area (Å²) in [6, 6.07) is 0. The molecule has 0 saturated carbocycles. The van der Waals surface area contributed by atoms with Crippen molar-refractivity contribution in [2.45, 2.75) is 25.8 Å². The molecule has 1 rings (SSSR count). The monoisotopic (exact) mass is 221 g/mol. The fourth-order valence-electron chi connectivity index (χ4n) is 1.41. The number of carbonyl (C=O) groups is 1. The van der Waals surface area contributed by atoms with Gasteiger partial charge in [0.25, 0.3) is 0 Å². The minimum atomic E-state index is -0.294. The number of aliphatic hydroxyl groups is 1. The molecule has 1 aliphatic rings. The molecule has 0 aromatic rings. The number of carbonyl (C=O) groups excluding carboxylic acids is 1. The third-order valence-electron chi connectivity index (χ3n) is 1.93. The summed E-state index contributed by atoms with van der Waals surface area (Å²) in [4.78, 5) is 11.3. The highest BCUT2D eigenvalue weighted by atomic mass is 35.5. The third kappa shape index (κ3) is 2.89. The second-order valence-electron chi connectivity index (χ2n) is 3.87. The van der Waals surface area contributed by atoms with Crippen molar-refractivity contribution in [3.05, 3.63) is 11.5 Å². The molecule has 0 saturated heterocycles. The van der Waals surface area contributed by atoms with Gasteiger partial charge in [-0.15, -0.1) is 12.4 Å². The predicted molar refractivity (Wildman–Crippen MR) is 55.6 cm³/mol. The van der Waals surface area contributed by atoms with Gasteiger partial charge in [0.2, 0.25) is 5.78 Å². The highest BCUT2D eigenvalue weighted by Gasteiger charge is 2.31. The van der Waals surface area contributed by atoms with Gasteiger partial charge < -0.3 is 15.2 Å². The number of hydrogen-bond donors (Lipinski definition) is 2. The lowest BCUT2D eigenvalue weighted by molar-refractivity contribution is -0.120. The van der Waals surface area contributed by atoms with E-state index in [1.807, 2.05) is 13.8 Å². The molecule has 1 heterocycles. The van der Waals surface area contributed by atoms with Crippen molar-refractivity contribution >= 4 is 18.2 Å². The molecule has 0 unspecified atom stereocenters. The largest absolute Gasteiger partial charge is 0.503 e. The first kappa shape index (κ1) is 13.3. The molecular formula is C9H16ClNO3. The maximum Gasteiger partial charge on any atom is 0.201 e. The van der Waals surface area contributed by atoms with E-state index in [2.05, 4.69) is 5.32 Å². The van der Waals surface area contributed by atoms with Gasteiger partial charge in [-0.25, -0.2) is 0 Å². The number of allylic oxidation sites excluding steroid dienone is 1. The molecular weight excluding hydrogens is 206 g/mol. The predicted octanol–water partition coefficient (Wildman–Crippen LogP) is 1.17. The van der Waals surface area contributed by atoms with E-state index in [1.165, 1.54) is 7.11 Å². The van der Waals surface area contributed by atoms with Crippen LogP contribution in [0, 0.1) is 0 Å². The Bertz CT molecular complexity index is 261. The first-order valence-corrected chi connectivity index (χ1v) is 4.19. The Morgan fingerprint density at radius 2 is 2.14 bits per heavy atom. The Morgan fingerprint density at radius 1 is 1.57 bits per heavy atom. The summed E-state index contributed by atoms with van der Waals surface area (Å²) in [6.45, 7) is 4.06. The Kier molecular flexibility index (Phi) is 4.42. The Labute approximate surface area is 89.7 Å². The van der Waals surface area contributed by atoms with Gasteiger partial charge in [0, 0.05) is 19.1 Å². The Morgan fingerprint density at radius 3 is 2.64 bits per heavy atom. The summed E-state index contributed by atoms with van der Waals surface area (Å²) in [5, 5.41) is 12.4. The summed E-state index contributed by atoms with van der Waals surface area (Å²) >= 11 is 0. The fourth-order valence-corrected chi connectivity index (χ4v) is 1.41. The number of ketones is 1. The number of halogens is 1. The summed E-state index contributed by atoms with van der Waals surface area (Å²) in [7, 11) is 1.52. The lowest BCUT2D eigenvalue weighted by Gasteiger charge is -2.32. The van der Waals surface area contributed by atoms with Gasteiger partial charge in [0.1, 0.15) is 0 Å². The van der Waals surface area contributed by atoms with E-state index in [0.29, 0.717) is 12.1 Å². The standard InChI is InChI=1S/C9H15NO3.ClH/c1-9(2)4-7(11)8(12)6(10-9)5-13-3;/h10,12H,4-5H2,1-3H3;1H. The van der Waals surface area contributed by atoms with Crippen molar-refractivity contribution in [1.82, 2.24) is 5.32 Å². The SMILES string of the molecule is COCC1=C(O)C(=O)CC(C)(C)N1.Cl. The topological polar surface area (TPSA) is 58.6 Å². The molecule has 5 heteroatoms. The second-order valence-corrected chi connectivity index (χ2v) is 3.87. The highest BCUT2D eigenvalue weighted by molar-refractivity contribution is 5.95. The molecule has 0 bridgehead atoms. The van der Waals surface area contributed by atoms with Crippen LogP contribution in [0.3, 0.4) is 0 Å². The van der Waals surface area contributed by atoms with Crippen molar-refractivity contribution in [2.75, 3.05) is 13.7 Å². The average molecular weight is 222 g/mol. The molecule has 0 atom stereocenters. The molecule has 0 spiro atoms. The van der Waals surface area contributed by atoms with Crippen LogP contribution in [0.1, 0.15) is 20.3 Å². The minimum absolute atomic E-state index is 0. The van der Waals surface area contributed by atoms with Gasteiger partial charge >= 0.3 is 0 Å². The lowest BCUT2D eigenvalue weighted by atomic mass is 9.92. The number of hydrogen-bond acceptors (Lipinski definition) is 4. The van der Waals surface area contributed by atoms with Crippen molar-refractivity contribution in [2.24, 2.45) is 0 Å². The van der Waals surface area contributed by atoms with Crippen molar-refractivity contribution in [3.63, 3.8) is 0 Å². The van der Waals surface area contributed by atoms with Crippen LogP contribution in [0.25, 0.3) is 0 Å². The first-order chi connectivity index (χ1) is 5.96. The first-order valence-electron chi connectivity index (χ1n) is 4.19. The van der Waals surface area contributed by atoms with E-state index >= 15 is 0 Å². The molecule has 0 aromatic carbocycles. The van der Waals surface area contributed by atoms with E-state index in [9.17, 15) is 9.90 Å². The lowest BCUT2D eigenvalue weighted by Crippen LogP contribution is -2.46. The zero-order valence-corrected chi connectivity index (χ0v) is 9.40. The number of rotatable bonds is 2. The number of ether oxygens (including phenoxy) is 1. The zero-order chi connectivity index (χ0) is 10.1. The molecule has 0 fully saturated rings. The number of Topliss-reactive ketones (excluding diaryl/α,β-unsaturated/α-hetero) is 1. The highest BCUT2D eigenvalue weighted by Crippen LogP contribution is 2.20. The quantitative estimate of drug-likeness (QED) is 0.735. The fraction of sp³-hybridized carbons (Fsp3) is 0.667. The number of methoxy groups -OCH3 is 1. The summed E-state index contributed by atoms with van der Waals surface area (Å²) < 4.78 is 4.86. The molecule has 0 aromatic heterocycles. The smallest absolute Gasteiger partial charge is 0.201 e. The van der Waals surface area contributed by atoms with Gasteiger partial charge in [-0.1, -0.05) is 0 Å². The number of aliphatic hydroxyl groups excluding tert-OH is 1. The molecule has 82 valence electrons. The van der Waals surface area contributed by atoms with E-state index in [0.717, 1.165) is 0 Å². The summed E-state index contributed by atoms with van der Waals surface area (Å²) in [5.74, 6) is -0.419. The molecule has 0 amide bonds.